The second-order valence-corrected chi connectivity index (χ2v) is 17.5. The van der Waals surface area contributed by atoms with E-state index in [0.717, 1.165) is 34.5 Å². The molecule has 0 saturated carbocycles. The molecular weight excluding hydrogens is 821 g/mol. The Morgan fingerprint density at radius 1 is 0.426 bits per heavy atom. The normalized spacial score (nSPS) is 10.0. The number of hydrogen-bond acceptors (Lipinski definition) is 8. The molecule has 0 spiro atoms. The minimum Gasteiger partial charge on any atom is -0.260 e. The molecule has 0 saturated heterocycles. The number of unbranched alkanes of at least 4 members (excludes halogenated alkanes) is 6. The molecule has 0 heterocycles. The highest BCUT2D eigenvalue weighted by Gasteiger charge is 2.13. The Morgan fingerprint density at radius 3 is 0.852 bits per heavy atom. The number of nitrogens with zero attached hydrogens (tertiary/aromatic N) is 2. The first-order valence-electron chi connectivity index (χ1n) is 18.3. The van der Waals surface area contributed by atoms with Crippen LogP contribution < -0.4 is 0 Å². The topological polar surface area (TPSA) is 40.6 Å². The molecule has 296 valence electrons. The Hall–Kier alpha value is -1.38. The summed E-state index contributed by atoms with van der Waals surface area (Å²) in [5.41, 5.74) is 4.77. The predicted molar refractivity (Wildman–Crippen MR) is 259 cm³/mol. The highest BCUT2D eigenvalue weighted by molar-refractivity contribution is 8.15. The number of thiol groups is 4. The van der Waals surface area contributed by atoms with Crippen molar-refractivity contribution in [3.05, 3.63) is 144 Å². The predicted octanol–water partition coefficient (Wildman–Crippen LogP) is 15.1. The summed E-state index contributed by atoms with van der Waals surface area (Å²) in [7, 11) is 0. The Kier molecular flexibility index (Phi) is 33.8. The summed E-state index contributed by atoms with van der Waals surface area (Å²) in [4.78, 5) is 23.1. The number of benzene rings is 4. The van der Waals surface area contributed by atoms with Gasteiger partial charge in [0.1, 0.15) is 0 Å². The fourth-order valence-electron chi connectivity index (χ4n) is 4.20. The van der Waals surface area contributed by atoms with Crippen LogP contribution in [0, 0.1) is 0 Å². The van der Waals surface area contributed by atoms with Gasteiger partial charge in [0.2, 0.25) is 0 Å². The Labute approximate surface area is 366 Å². The number of rotatable bonds is 20. The largest absolute Gasteiger partial charge is 0.298 e. The van der Waals surface area contributed by atoms with Gasteiger partial charge in [-0.3, -0.25) is 9.59 Å². The fraction of sp³-hybridized carbons (Fsp3) is 0.381. The van der Waals surface area contributed by atoms with Gasteiger partial charge >= 0.3 is 0 Å². The van der Waals surface area contributed by atoms with Gasteiger partial charge in [0.15, 0.2) is 0 Å². The maximum Gasteiger partial charge on any atom is 0.298 e. The van der Waals surface area contributed by atoms with Crippen molar-refractivity contribution in [2.75, 3.05) is 11.5 Å². The van der Waals surface area contributed by atoms with E-state index in [-0.39, 0.29) is 10.5 Å². The Morgan fingerprint density at radius 2 is 0.667 bits per heavy atom. The van der Waals surface area contributed by atoms with Gasteiger partial charge in [-0.15, -0.1) is 0 Å². The summed E-state index contributed by atoms with van der Waals surface area (Å²) in [6.45, 7) is 4.46. The van der Waals surface area contributed by atoms with Gasteiger partial charge in [0.25, 0.3) is 10.5 Å². The fourth-order valence-corrected chi connectivity index (χ4v) is 8.85. The van der Waals surface area contributed by atoms with E-state index in [1.807, 2.05) is 72.8 Å². The number of hydrogen-bond donors (Lipinski definition) is 4. The van der Waals surface area contributed by atoms with Crippen molar-refractivity contribution in [2.24, 2.45) is 0 Å². The summed E-state index contributed by atoms with van der Waals surface area (Å²) in [6.07, 6.45) is 10.7. The van der Waals surface area contributed by atoms with Gasteiger partial charge in [-0.05, 0) is 94.4 Å². The van der Waals surface area contributed by atoms with Crippen LogP contribution in [-0.2, 0) is 23.0 Å². The van der Waals surface area contributed by atoms with Crippen LogP contribution >= 0.6 is 98.3 Å². The van der Waals surface area contributed by atoms with Gasteiger partial charge in [-0.25, -0.2) is 7.42 Å². The molecule has 4 aromatic carbocycles. The van der Waals surface area contributed by atoms with Crippen molar-refractivity contribution >= 4 is 109 Å². The average Bonchev–Trinajstić information content (AvgIpc) is 3.21. The van der Waals surface area contributed by atoms with E-state index in [2.05, 4.69) is 113 Å². The second kappa shape index (κ2) is 36.0. The van der Waals surface area contributed by atoms with Crippen molar-refractivity contribution in [1.29, 1.82) is 0 Å². The Bertz CT molecular complexity index is 1240. The molecule has 0 atom stereocenters. The average molecular weight is 879 g/mol. The van der Waals surface area contributed by atoms with Gasteiger partial charge in [-0.1, -0.05) is 199 Å². The lowest BCUT2D eigenvalue weighted by Crippen LogP contribution is -2.10. The molecule has 0 radical (unpaired) electrons. The van der Waals surface area contributed by atoms with Crippen LogP contribution in [-0.4, -0.2) is 29.4 Å². The first-order chi connectivity index (χ1) is 26.3. The summed E-state index contributed by atoms with van der Waals surface area (Å²) < 4.78 is 3.26. The molecule has 0 aliphatic rings. The lowest BCUT2D eigenvalue weighted by atomic mass is 10.2. The first kappa shape index (κ1) is 50.6. The van der Waals surface area contributed by atoms with Gasteiger partial charge in [0, 0.05) is 23.0 Å². The molecule has 0 unspecified atom stereocenters. The van der Waals surface area contributed by atoms with E-state index in [1.54, 1.807) is 7.42 Å². The third-order valence-corrected chi connectivity index (χ3v) is 13.4. The molecule has 0 fully saturated rings. The zero-order valence-electron chi connectivity index (χ0n) is 31.6. The summed E-state index contributed by atoms with van der Waals surface area (Å²) in [6, 6.07) is 40.4. The van der Waals surface area contributed by atoms with E-state index in [0.29, 0.717) is 0 Å². The van der Waals surface area contributed by atoms with E-state index >= 15 is 0 Å². The molecule has 0 bridgehead atoms. The lowest BCUT2D eigenvalue weighted by Gasteiger charge is -2.17. The number of carbonyl (C=O) groups excluding carboxylic acids is 2. The molecule has 0 aliphatic heterocycles. The maximum atomic E-state index is 11.5. The lowest BCUT2D eigenvalue weighted by molar-refractivity contribution is 0.258. The zero-order chi connectivity index (χ0) is 39.5. The highest BCUT2D eigenvalue weighted by atomic mass is 32.2. The number of carbonyl (C=O) groups is 2. The third kappa shape index (κ3) is 28.1. The molecular formula is C42H58N2O2S8. The van der Waals surface area contributed by atoms with Crippen molar-refractivity contribution in [2.45, 2.75) is 88.2 Å². The minimum atomic E-state index is -0.230. The van der Waals surface area contributed by atoms with Gasteiger partial charge in [0.05, 0.1) is 0 Å². The maximum absolute atomic E-state index is 11.5. The van der Waals surface area contributed by atoms with E-state index < -0.39 is 0 Å². The quantitative estimate of drug-likeness (QED) is 0.0403. The minimum absolute atomic E-state index is 0.230. The summed E-state index contributed by atoms with van der Waals surface area (Å²) >= 11 is 22.0. The molecule has 4 aromatic rings. The molecule has 4 rings (SSSR count). The molecule has 0 aromatic heterocycles. The van der Waals surface area contributed by atoms with Gasteiger partial charge in [-0.2, -0.15) is 25.3 Å². The molecule has 4 nitrogen and oxygen atoms in total. The standard InChI is InChI=1S/2C15H15NOS3.C6H14S2.C6H14/c2*17-15(18)16(19-11-13-7-3-1-4-8-13)20-12-14-9-5-2-6-10-14;7-5-3-1-2-4-6-8;1-3-5-6-4-2/h2*1-10H,11-12H2,(H,17,18);7-8H,1-6H2;3-6H2,1-2H3. The van der Waals surface area contributed by atoms with E-state index in [9.17, 15) is 9.59 Å². The highest BCUT2D eigenvalue weighted by Crippen LogP contribution is 2.30. The monoisotopic (exact) mass is 878 g/mol. The van der Waals surface area contributed by atoms with Gasteiger partial charge < -0.3 is 0 Å². The van der Waals surface area contributed by atoms with Crippen LogP contribution in [0.2, 0.25) is 0 Å². The Balaban J connectivity index is 0.000000403. The molecule has 0 N–H and O–H groups in total. The molecule has 54 heavy (non-hydrogen) atoms. The van der Waals surface area contributed by atoms with Crippen LogP contribution in [0.1, 0.15) is 87.5 Å². The van der Waals surface area contributed by atoms with Crippen molar-refractivity contribution in [1.82, 2.24) is 7.42 Å². The van der Waals surface area contributed by atoms with Crippen molar-refractivity contribution < 1.29 is 9.59 Å². The summed E-state index contributed by atoms with van der Waals surface area (Å²) in [5.74, 6) is 5.10. The molecule has 12 heteroatoms. The van der Waals surface area contributed by atoms with Crippen LogP contribution in [0.4, 0.5) is 9.59 Å². The van der Waals surface area contributed by atoms with Crippen LogP contribution in [0.3, 0.4) is 0 Å². The van der Waals surface area contributed by atoms with Crippen LogP contribution in [0.15, 0.2) is 121 Å². The smallest absolute Gasteiger partial charge is 0.260 e. The van der Waals surface area contributed by atoms with E-state index in [1.165, 1.54) is 121 Å². The second-order valence-electron chi connectivity index (χ2n) is 11.7. The SMILES string of the molecule is CCCCCC.O=C(S)N(SCc1ccccc1)SCc1ccccc1.O=C(S)N(SCc1ccccc1)SCc1ccccc1.SCCCCCCS. The van der Waals surface area contributed by atoms with Crippen LogP contribution in [0.25, 0.3) is 0 Å². The molecule has 0 aliphatic carbocycles. The molecule has 2 amide bonds. The van der Waals surface area contributed by atoms with Crippen molar-refractivity contribution in [3.8, 4) is 0 Å². The number of amides is 2. The van der Waals surface area contributed by atoms with E-state index in [4.69, 9.17) is 0 Å². The van der Waals surface area contributed by atoms with Crippen LogP contribution in [0.5, 0.6) is 0 Å². The summed E-state index contributed by atoms with van der Waals surface area (Å²) in [5, 5.41) is -0.460. The first-order valence-corrected chi connectivity index (χ1v) is 24.2. The zero-order valence-corrected chi connectivity index (χ0v) is 38.4. The third-order valence-electron chi connectivity index (χ3n) is 7.10. The van der Waals surface area contributed by atoms with Crippen molar-refractivity contribution in [3.63, 3.8) is 0 Å².